The van der Waals surface area contributed by atoms with Crippen LogP contribution in [0.1, 0.15) is 23.2 Å². The van der Waals surface area contributed by atoms with Crippen molar-refractivity contribution in [2.24, 2.45) is 5.92 Å². The van der Waals surface area contributed by atoms with E-state index >= 15 is 0 Å². The average molecular weight is 502 g/mol. The van der Waals surface area contributed by atoms with Gasteiger partial charge in [0.05, 0.1) is 25.8 Å². The van der Waals surface area contributed by atoms with Crippen molar-refractivity contribution in [2.45, 2.75) is 12.8 Å². The Morgan fingerprint density at radius 3 is 2.57 bits per heavy atom. The van der Waals surface area contributed by atoms with E-state index in [2.05, 4.69) is 10.3 Å². The van der Waals surface area contributed by atoms with Crippen LogP contribution >= 0.6 is 0 Å². The SMILES string of the molecule is COc1ccc(Nc2nc(-c3cccc(C(=O)N4CCC(C(=O)O)CC4)c3)cn3ccnc23)cc1OC. The van der Waals surface area contributed by atoms with Gasteiger partial charge in [-0.25, -0.2) is 9.97 Å². The molecule has 4 aromatic rings. The van der Waals surface area contributed by atoms with Crippen LogP contribution in [0.15, 0.2) is 61.1 Å². The first kappa shape index (κ1) is 24.1. The highest BCUT2D eigenvalue weighted by Crippen LogP contribution is 2.32. The van der Waals surface area contributed by atoms with Gasteiger partial charge in [0, 0.05) is 54.6 Å². The maximum absolute atomic E-state index is 13.2. The van der Waals surface area contributed by atoms with E-state index in [-0.39, 0.29) is 5.91 Å². The van der Waals surface area contributed by atoms with E-state index in [0.717, 1.165) is 11.3 Å². The Labute approximate surface area is 213 Å². The Bertz CT molecular complexity index is 1460. The van der Waals surface area contributed by atoms with Gasteiger partial charge in [0.15, 0.2) is 23.0 Å². The van der Waals surface area contributed by atoms with Gasteiger partial charge in [-0.2, -0.15) is 0 Å². The van der Waals surface area contributed by atoms with Gasteiger partial charge in [0.2, 0.25) is 0 Å². The predicted molar refractivity (Wildman–Crippen MR) is 138 cm³/mol. The molecule has 3 heterocycles. The van der Waals surface area contributed by atoms with Crippen LogP contribution in [0.5, 0.6) is 11.5 Å². The van der Waals surface area contributed by atoms with E-state index in [1.165, 1.54) is 0 Å². The highest BCUT2D eigenvalue weighted by atomic mass is 16.5. The van der Waals surface area contributed by atoms with Crippen molar-refractivity contribution < 1.29 is 24.2 Å². The second kappa shape index (κ2) is 10.2. The Morgan fingerprint density at radius 2 is 1.84 bits per heavy atom. The first-order valence-electron chi connectivity index (χ1n) is 11.9. The molecular formula is C27H27N5O5. The monoisotopic (exact) mass is 501 g/mol. The number of amides is 1. The summed E-state index contributed by atoms with van der Waals surface area (Å²) in [7, 11) is 3.16. The highest BCUT2D eigenvalue weighted by molar-refractivity contribution is 5.95. The van der Waals surface area contributed by atoms with E-state index in [4.69, 9.17) is 14.5 Å². The van der Waals surface area contributed by atoms with Gasteiger partial charge in [-0.3, -0.25) is 9.59 Å². The van der Waals surface area contributed by atoms with Crippen LogP contribution in [-0.4, -0.2) is 63.6 Å². The number of carbonyl (C=O) groups excluding carboxylic acids is 1. The lowest BCUT2D eigenvalue weighted by molar-refractivity contribution is -0.143. The number of carbonyl (C=O) groups is 2. The number of rotatable bonds is 7. The van der Waals surface area contributed by atoms with Crippen molar-refractivity contribution in [3.05, 3.63) is 66.6 Å². The van der Waals surface area contributed by atoms with Crippen LogP contribution < -0.4 is 14.8 Å². The molecule has 1 saturated heterocycles. The standard InChI is InChI=1S/C27H27N5O5/c1-36-22-7-6-20(15-23(22)37-2)29-24-25-28-10-13-32(25)16-21(30-24)18-4-3-5-19(14-18)26(33)31-11-8-17(9-12-31)27(34)35/h3-7,10,13-17H,8-9,11-12H2,1-2H3,(H,29,30)(H,34,35). The molecule has 0 spiro atoms. The number of aromatic nitrogens is 3. The van der Waals surface area contributed by atoms with Gasteiger partial charge in [-0.1, -0.05) is 12.1 Å². The number of benzene rings is 2. The zero-order valence-corrected chi connectivity index (χ0v) is 20.5. The lowest BCUT2D eigenvalue weighted by Crippen LogP contribution is -2.40. The third kappa shape index (κ3) is 4.90. The van der Waals surface area contributed by atoms with E-state index < -0.39 is 11.9 Å². The largest absolute Gasteiger partial charge is 0.493 e. The molecule has 190 valence electrons. The molecule has 2 N–H and O–H groups in total. The number of carboxylic acid groups (broad SMARTS) is 1. The zero-order valence-electron chi connectivity index (χ0n) is 20.5. The molecule has 0 atom stereocenters. The summed E-state index contributed by atoms with van der Waals surface area (Å²) < 4.78 is 12.6. The van der Waals surface area contributed by atoms with Crippen LogP contribution in [0.4, 0.5) is 11.5 Å². The minimum Gasteiger partial charge on any atom is -0.493 e. The quantitative estimate of drug-likeness (QED) is 0.389. The number of piperidine rings is 1. The van der Waals surface area contributed by atoms with Crippen LogP contribution in [0.2, 0.25) is 0 Å². The van der Waals surface area contributed by atoms with Crippen LogP contribution in [-0.2, 0) is 4.79 Å². The van der Waals surface area contributed by atoms with Crippen LogP contribution in [0.3, 0.4) is 0 Å². The molecule has 0 aliphatic carbocycles. The van der Waals surface area contributed by atoms with Gasteiger partial charge in [0.1, 0.15) is 0 Å². The van der Waals surface area contributed by atoms with E-state index in [1.807, 2.05) is 53.2 Å². The fourth-order valence-corrected chi connectivity index (χ4v) is 4.53. The van der Waals surface area contributed by atoms with Gasteiger partial charge in [-0.15, -0.1) is 0 Å². The molecule has 5 rings (SSSR count). The summed E-state index contributed by atoms with van der Waals surface area (Å²) in [6, 6.07) is 12.8. The summed E-state index contributed by atoms with van der Waals surface area (Å²) in [6.07, 6.45) is 6.32. The lowest BCUT2D eigenvalue weighted by Gasteiger charge is -2.30. The number of nitrogens with zero attached hydrogens (tertiary/aromatic N) is 4. The Hall–Kier alpha value is -4.60. The molecule has 10 heteroatoms. The molecule has 1 fully saturated rings. The second-order valence-electron chi connectivity index (χ2n) is 8.81. The van der Waals surface area contributed by atoms with Crippen molar-refractivity contribution in [3.8, 4) is 22.8 Å². The summed E-state index contributed by atoms with van der Waals surface area (Å²) in [5.74, 6) is 0.446. The highest BCUT2D eigenvalue weighted by Gasteiger charge is 2.27. The predicted octanol–water partition coefficient (Wildman–Crippen LogP) is 4.09. The molecule has 10 nitrogen and oxygen atoms in total. The summed E-state index contributed by atoms with van der Waals surface area (Å²) in [4.78, 5) is 35.4. The minimum absolute atomic E-state index is 0.113. The summed E-state index contributed by atoms with van der Waals surface area (Å²) in [5.41, 5.74) is 3.37. The fraction of sp³-hybridized carbons (Fsp3) is 0.259. The van der Waals surface area contributed by atoms with E-state index in [0.29, 0.717) is 60.2 Å². The molecule has 2 aromatic carbocycles. The lowest BCUT2D eigenvalue weighted by atomic mass is 9.96. The Kier molecular flexibility index (Phi) is 6.63. The summed E-state index contributed by atoms with van der Waals surface area (Å²) in [6.45, 7) is 0.858. The minimum atomic E-state index is -0.799. The van der Waals surface area contributed by atoms with Crippen molar-refractivity contribution >= 4 is 29.0 Å². The molecule has 2 aromatic heterocycles. The number of aliphatic carboxylic acids is 1. The number of hydrogen-bond donors (Lipinski definition) is 2. The topological polar surface area (TPSA) is 118 Å². The summed E-state index contributed by atoms with van der Waals surface area (Å²) >= 11 is 0. The number of imidazole rings is 1. The van der Waals surface area contributed by atoms with Gasteiger partial charge < -0.3 is 29.2 Å². The van der Waals surface area contributed by atoms with Crippen molar-refractivity contribution in [1.29, 1.82) is 0 Å². The second-order valence-corrected chi connectivity index (χ2v) is 8.81. The number of hydrogen-bond acceptors (Lipinski definition) is 7. The number of likely N-dealkylation sites (tertiary alicyclic amines) is 1. The van der Waals surface area contributed by atoms with Gasteiger partial charge >= 0.3 is 5.97 Å². The van der Waals surface area contributed by atoms with Crippen molar-refractivity contribution in [2.75, 3.05) is 32.6 Å². The number of anilines is 2. The molecule has 1 aliphatic heterocycles. The molecule has 1 aliphatic rings. The molecule has 1 amide bonds. The number of methoxy groups -OCH3 is 2. The number of fused-ring (bicyclic) bond motifs is 1. The number of ether oxygens (including phenoxy) is 2. The van der Waals surface area contributed by atoms with Gasteiger partial charge in [-0.05, 0) is 37.1 Å². The van der Waals surface area contributed by atoms with Crippen LogP contribution in [0, 0.1) is 5.92 Å². The summed E-state index contributed by atoms with van der Waals surface area (Å²) in [5, 5.41) is 12.6. The third-order valence-corrected chi connectivity index (χ3v) is 6.56. The van der Waals surface area contributed by atoms with Gasteiger partial charge in [0.25, 0.3) is 5.91 Å². The molecule has 0 radical (unpaired) electrons. The zero-order chi connectivity index (χ0) is 25.9. The molecule has 37 heavy (non-hydrogen) atoms. The normalized spacial score (nSPS) is 13.9. The number of carboxylic acids is 1. The molecular weight excluding hydrogens is 474 g/mol. The molecule has 0 saturated carbocycles. The van der Waals surface area contributed by atoms with Crippen molar-refractivity contribution in [1.82, 2.24) is 19.3 Å². The first-order valence-corrected chi connectivity index (χ1v) is 11.9. The smallest absolute Gasteiger partial charge is 0.306 e. The molecule has 0 bridgehead atoms. The maximum atomic E-state index is 13.2. The Morgan fingerprint density at radius 1 is 1.05 bits per heavy atom. The van der Waals surface area contributed by atoms with Crippen molar-refractivity contribution in [3.63, 3.8) is 0 Å². The maximum Gasteiger partial charge on any atom is 0.306 e. The number of nitrogens with one attached hydrogen (secondary N) is 1. The van der Waals surface area contributed by atoms with E-state index in [9.17, 15) is 14.7 Å². The first-order chi connectivity index (χ1) is 18.0. The average Bonchev–Trinajstić information content (AvgIpc) is 3.42. The molecule has 0 unspecified atom stereocenters. The Balaban J connectivity index is 1.43. The fourth-order valence-electron chi connectivity index (χ4n) is 4.53. The van der Waals surface area contributed by atoms with Crippen LogP contribution in [0.25, 0.3) is 16.9 Å². The third-order valence-electron chi connectivity index (χ3n) is 6.56. The van der Waals surface area contributed by atoms with E-state index in [1.54, 1.807) is 31.4 Å².